The summed E-state index contributed by atoms with van der Waals surface area (Å²) in [6.45, 7) is 1.47. The number of thiazole rings is 1. The Morgan fingerprint density at radius 3 is 2.56 bits per heavy atom. The van der Waals surface area contributed by atoms with Crippen molar-refractivity contribution in [1.29, 1.82) is 0 Å². The topological polar surface area (TPSA) is 246 Å². The Morgan fingerprint density at radius 2 is 2.06 bits per heavy atom. The van der Waals surface area contributed by atoms with Crippen LogP contribution in [0.25, 0.3) is 0 Å². The first-order valence-electron chi connectivity index (χ1n) is 10.5. The Morgan fingerprint density at radius 1 is 1.36 bits per heavy atom. The minimum absolute atomic E-state index is 0.00982. The number of rotatable bonds is 11. The van der Waals surface area contributed by atoms with Crippen molar-refractivity contribution in [3.63, 3.8) is 0 Å². The summed E-state index contributed by atoms with van der Waals surface area (Å²) >= 11 is 1.00. The monoisotopic (exact) mass is 542 g/mol. The molecule has 2 aromatic heterocycles. The van der Waals surface area contributed by atoms with E-state index in [0.29, 0.717) is 11.4 Å². The fraction of sp³-hybridized carbons (Fsp3) is 0.500. The molecule has 18 heteroatoms. The second-order valence-electron chi connectivity index (χ2n) is 8.31. The molecule has 0 unspecified atom stereocenters. The highest BCUT2D eigenvalue weighted by atomic mass is 32.2. The largest absolute Gasteiger partial charge is 0.478 e. The number of nitrogens with two attached hydrogens (primary N) is 2. The van der Waals surface area contributed by atoms with Crippen molar-refractivity contribution in [2.24, 2.45) is 16.8 Å². The molecular weight excluding hydrogens is 520 g/mol. The number of carboxylic acids is 1. The zero-order chi connectivity index (χ0) is 26.4. The Bertz CT molecular complexity index is 1360. The summed E-state index contributed by atoms with van der Waals surface area (Å²) < 4.78 is 33.4. The fourth-order valence-corrected chi connectivity index (χ4v) is 5.18. The number of β-lactam (4-membered cyclic amide) rings is 1. The van der Waals surface area contributed by atoms with E-state index in [2.05, 4.69) is 20.3 Å². The zero-order valence-corrected chi connectivity index (χ0v) is 20.4. The summed E-state index contributed by atoms with van der Waals surface area (Å²) in [6.07, 6.45) is -0.153. The number of oxime groups is 1. The van der Waals surface area contributed by atoms with E-state index >= 15 is 0 Å². The molecule has 0 radical (unpaired) electrons. The maximum absolute atomic E-state index is 13.2. The second kappa shape index (κ2) is 9.19. The van der Waals surface area contributed by atoms with Crippen LogP contribution in [0.15, 0.2) is 10.5 Å². The van der Waals surface area contributed by atoms with Crippen molar-refractivity contribution in [2.75, 3.05) is 5.73 Å². The highest BCUT2D eigenvalue weighted by Crippen LogP contribution is 2.40. The van der Waals surface area contributed by atoms with Gasteiger partial charge in [0.05, 0.1) is 29.9 Å². The number of aromatic nitrogens is 4. The van der Waals surface area contributed by atoms with Gasteiger partial charge in [0.2, 0.25) is 11.5 Å². The number of hydrogen-bond donors (Lipinski definition) is 4. The number of nitrogens with zero attached hydrogens (tertiary/aromatic N) is 6. The number of anilines is 1. The minimum atomic E-state index is -4.93. The summed E-state index contributed by atoms with van der Waals surface area (Å²) in [5.74, 6) is -4.22. The number of amides is 1. The molecule has 1 aliphatic carbocycles. The van der Waals surface area contributed by atoms with Crippen LogP contribution in [0, 0.1) is 12.8 Å². The van der Waals surface area contributed by atoms with E-state index in [4.69, 9.17) is 16.3 Å². The van der Waals surface area contributed by atoms with E-state index < -0.39 is 51.9 Å². The molecule has 2 aromatic rings. The molecule has 1 saturated carbocycles. The van der Waals surface area contributed by atoms with Gasteiger partial charge in [0.1, 0.15) is 5.69 Å². The van der Waals surface area contributed by atoms with Gasteiger partial charge >= 0.3 is 16.3 Å². The first kappa shape index (κ1) is 25.6. The smallest absolute Gasteiger partial charge is 0.362 e. The van der Waals surface area contributed by atoms with Gasteiger partial charge in [-0.15, -0.1) is 11.3 Å². The van der Waals surface area contributed by atoms with Gasteiger partial charge in [-0.25, -0.2) is 14.1 Å². The SMILES string of the molecule is Cc1nn(C[C@@H]2[C@H](CC(=O)/C(=N\OC3(C(=O)O)CC3)c3csc(N)n3)C(=O)N2S(=O)(=O)O)nc1CN. The number of aliphatic carboxylic acids is 1. The van der Waals surface area contributed by atoms with Crippen molar-refractivity contribution < 1.29 is 37.3 Å². The quantitative estimate of drug-likeness (QED) is 0.112. The van der Waals surface area contributed by atoms with Gasteiger partial charge in [-0.05, 0) is 6.92 Å². The second-order valence-corrected chi connectivity index (χ2v) is 10.5. The van der Waals surface area contributed by atoms with Gasteiger partial charge in [0.15, 0.2) is 16.6 Å². The lowest BCUT2D eigenvalue weighted by Crippen LogP contribution is -2.64. The molecule has 2 atom stereocenters. The molecule has 194 valence electrons. The number of ketones is 1. The lowest BCUT2D eigenvalue weighted by molar-refractivity contribution is -0.153. The highest BCUT2D eigenvalue weighted by molar-refractivity contribution is 7.84. The summed E-state index contributed by atoms with van der Waals surface area (Å²) in [5.41, 5.74) is 10.3. The van der Waals surface area contributed by atoms with Crippen LogP contribution < -0.4 is 11.5 Å². The van der Waals surface area contributed by atoms with Crippen LogP contribution in [0.5, 0.6) is 0 Å². The van der Waals surface area contributed by atoms with Crippen molar-refractivity contribution >= 4 is 50.1 Å². The van der Waals surface area contributed by atoms with Gasteiger partial charge in [0, 0.05) is 31.2 Å². The molecule has 0 spiro atoms. The average Bonchev–Trinajstić information content (AvgIpc) is 3.34. The third-order valence-corrected chi connectivity index (χ3v) is 7.47. The number of nitrogen functional groups attached to an aromatic ring is 1. The van der Waals surface area contributed by atoms with E-state index in [-0.39, 0.29) is 46.8 Å². The van der Waals surface area contributed by atoms with E-state index in [0.717, 1.165) is 16.1 Å². The summed E-state index contributed by atoms with van der Waals surface area (Å²) in [6, 6.07) is -1.19. The van der Waals surface area contributed by atoms with Crippen LogP contribution >= 0.6 is 11.3 Å². The number of carboxylic acid groups (broad SMARTS) is 1. The molecule has 2 fully saturated rings. The molecule has 2 aliphatic rings. The first-order valence-corrected chi connectivity index (χ1v) is 12.8. The molecule has 16 nitrogen and oxygen atoms in total. The van der Waals surface area contributed by atoms with E-state index in [1.807, 2.05) is 0 Å². The maximum atomic E-state index is 13.2. The van der Waals surface area contributed by atoms with E-state index in [9.17, 15) is 32.5 Å². The Labute approximate surface area is 207 Å². The van der Waals surface area contributed by atoms with Gasteiger partial charge in [-0.3, -0.25) is 14.1 Å². The Hall–Kier alpha value is -3.48. The molecule has 0 aromatic carbocycles. The number of aryl methyl sites for hydroxylation is 1. The summed E-state index contributed by atoms with van der Waals surface area (Å²) in [4.78, 5) is 47.5. The summed E-state index contributed by atoms with van der Waals surface area (Å²) in [7, 11) is -4.93. The average molecular weight is 543 g/mol. The zero-order valence-electron chi connectivity index (χ0n) is 18.8. The van der Waals surface area contributed by atoms with Gasteiger partial charge in [-0.2, -0.15) is 23.4 Å². The molecule has 1 saturated heterocycles. The van der Waals surface area contributed by atoms with Gasteiger partial charge in [0.25, 0.3) is 0 Å². The highest BCUT2D eigenvalue weighted by Gasteiger charge is 2.56. The van der Waals surface area contributed by atoms with Crippen LogP contribution in [0.2, 0.25) is 0 Å². The predicted molar refractivity (Wildman–Crippen MR) is 122 cm³/mol. The van der Waals surface area contributed by atoms with Crippen molar-refractivity contribution in [1.82, 2.24) is 24.3 Å². The van der Waals surface area contributed by atoms with Crippen LogP contribution in [0.3, 0.4) is 0 Å². The maximum Gasteiger partial charge on any atom is 0.362 e. The van der Waals surface area contributed by atoms with Crippen LogP contribution in [-0.2, 0) is 42.6 Å². The Balaban J connectivity index is 1.60. The van der Waals surface area contributed by atoms with Crippen molar-refractivity contribution in [3.8, 4) is 0 Å². The Kier molecular flexibility index (Phi) is 6.54. The number of Topliss-reactive ketones (excluding diaryl/α,β-unsaturated/α-hetero) is 1. The molecule has 0 bridgehead atoms. The molecule has 36 heavy (non-hydrogen) atoms. The van der Waals surface area contributed by atoms with Gasteiger partial charge in [-0.1, -0.05) is 5.16 Å². The predicted octanol–water partition coefficient (Wildman–Crippen LogP) is -1.29. The first-order chi connectivity index (χ1) is 16.9. The number of carbonyl (C=O) groups excluding carboxylic acids is 2. The molecule has 6 N–H and O–H groups in total. The third-order valence-electron chi connectivity index (χ3n) is 5.85. The van der Waals surface area contributed by atoms with Crippen molar-refractivity contribution in [3.05, 3.63) is 22.5 Å². The number of hydrogen-bond acceptors (Lipinski definition) is 13. The normalized spacial score (nSPS) is 21.2. The molecule has 3 heterocycles. The van der Waals surface area contributed by atoms with Crippen LogP contribution in [-0.4, -0.2) is 77.4 Å². The standard InChI is InChI=1S/C18H22N8O8S2/c1-8-10(5-19)23-25(22-8)6-12-9(15(28)26(12)36(31,32)33)4-13(27)14(11-7-35-17(20)21-11)24-34-18(2-3-18)16(29)30/h7,9,12H,2-6,19H2,1H3,(H2,20,21)(H,29,30)(H,31,32,33)/b24-14-/t9-,12+/m0/s1. The van der Waals surface area contributed by atoms with Crippen LogP contribution in [0.1, 0.15) is 36.3 Å². The third kappa shape index (κ3) is 4.79. The molecule has 1 amide bonds. The molecule has 4 rings (SSSR count). The van der Waals surface area contributed by atoms with Crippen molar-refractivity contribution in [2.45, 2.75) is 50.9 Å². The lowest BCUT2D eigenvalue weighted by atomic mass is 9.84. The number of carbonyl (C=O) groups is 3. The molecule has 1 aliphatic heterocycles. The van der Waals surface area contributed by atoms with E-state index in [1.54, 1.807) is 6.92 Å². The van der Waals surface area contributed by atoms with Gasteiger partial charge < -0.3 is 21.4 Å². The summed E-state index contributed by atoms with van der Waals surface area (Å²) in [5, 5.41) is 22.8. The lowest BCUT2D eigenvalue weighted by Gasteiger charge is -2.43. The fourth-order valence-electron chi connectivity index (χ4n) is 3.71. The van der Waals surface area contributed by atoms with E-state index in [1.165, 1.54) is 5.38 Å². The molecular formula is C18H22N8O8S2. The van der Waals surface area contributed by atoms with Crippen LogP contribution in [0.4, 0.5) is 5.13 Å². The minimum Gasteiger partial charge on any atom is -0.478 e.